The maximum absolute atomic E-state index is 2.29. The van der Waals surface area contributed by atoms with E-state index in [9.17, 15) is 0 Å². The van der Waals surface area contributed by atoms with Crippen LogP contribution in [0.5, 0.6) is 0 Å². The molecule has 0 aliphatic carbocycles. The van der Waals surface area contributed by atoms with Crippen molar-refractivity contribution in [2.45, 2.75) is 41.0 Å². The summed E-state index contributed by atoms with van der Waals surface area (Å²) in [4.78, 5) is 0. The van der Waals surface area contributed by atoms with E-state index in [0.29, 0.717) is 0 Å². The van der Waals surface area contributed by atoms with Crippen LogP contribution in [0.15, 0.2) is 18.2 Å². The van der Waals surface area contributed by atoms with Crippen molar-refractivity contribution in [3.8, 4) is 0 Å². The second-order valence-corrected chi connectivity index (χ2v) is 3.92. The van der Waals surface area contributed by atoms with Crippen molar-refractivity contribution in [2.75, 3.05) is 0 Å². The van der Waals surface area contributed by atoms with Gasteiger partial charge in [-0.3, -0.25) is 0 Å². The summed E-state index contributed by atoms with van der Waals surface area (Å²) in [5, 5.41) is 0. The third kappa shape index (κ3) is 2.06. The van der Waals surface area contributed by atoms with Gasteiger partial charge < -0.3 is 0 Å². The molecule has 0 nitrogen and oxygen atoms in total. The Morgan fingerprint density at radius 2 is 1.86 bits per heavy atom. The lowest BCUT2D eigenvalue weighted by molar-refractivity contribution is 1.19. The van der Waals surface area contributed by atoms with Gasteiger partial charge in [-0.15, -0.1) is 0 Å². The molecule has 0 saturated heterocycles. The first-order chi connectivity index (χ1) is 6.60. The zero-order valence-corrected chi connectivity index (χ0v) is 9.94. The van der Waals surface area contributed by atoms with Crippen molar-refractivity contribution in [3.63, 3.8) is 0 Å². The van der Waals surface area contributed by atoms with E-state index in [0.717, 1.165) is 6.42 Å². The summed E-state index contributed by atoms with van der Waals surface area (Å²) < 4.78 is 0. The molecular weight excluding hydrogens is 168 g/mol. The Kier molecular flexibility index (Phi) is 3.51. The average molecular weight is 188 g/mol. The zero-order chi connectivity index (χ0) is 10.7. The minimum Gasteiger partial charge on any atom is -0.0838 e. The number of hydrogen-bond acceptors (Lipinski definition) is 0. The predicted octanol–water partition coefficient (Wildman–Crippen LogP) is 4.43. The van der Waals surface area contributed by atoms with Gasteiger partial charge in [-0.25, -0.2) is 0 Å². The molecule has 0 aliphatic heterocycles. The highest BCUT2D eigenvalue weighted by Gasteiger charge is 2.05. The van der Waals surface area contributed by atoms with Crippen LogP contribution in [-0.4, -0.2) is 0 Å². The van der Waals surface area contributed by atoms with E-state index in [1.54, 1.807) is 0 Å². The van der Waals surface area contributed by atoms with E-state index in [-0.39, 0.29) is 0 Å². The highest BCUT2D eigenvalue weighted by atomic mass is 14.1. The topological polar surface area (TPSA) is 0 Å². The molecule has 76 valence electrons. The highest BCUT2D eigenvalue weighted by molar-refractivity contribution is 5.69. The first-order valence-electron chi connectivity index (χ1n) is 5.33. The van der Waals surface area contributed by atoms with Gasteiger partial charge in [0, 0.05) is 0 Å². The number of allylic oxidation sites excluding steroid dienone is 2. The molecule has 0 unspecified atom stereocenters. The second-order valence-electron chi connectivity index (χ2n) is 3.92. The molecule has 0 atom stereocenters. The van der Waals surface area contributed by atoms with Gasteiger partial charge in [-0.2, -0.15) is 0 Å². The van der Waals surface area contributed by atoms with Gasteiger partial charge in [-0.1, -0.05) is 30.7 Å². The molecule has 0 heterocycles. The van der Waals surface area contributed by atoms with Gasteiger partial charge in [0.2, 0.25) is 0 Å². The van der Waals surface area contributed by atoms with Crippen molar-refractivity contribution < 1.29 is 0 Å². The number of aryl methyl sites for hydroxylation is 2. The maximum Gasteiger partial charge on any atom is -0.0193 e. The fourth-order valence-corrected chi connectivity index (χ4v) is 1.92. The van der Waals surface area contributed by atoms with E-state index in [1.807, 2.05) is 0 Å². The summed E-state index contributed by atoms with van der Waals surface area (Å²) >= 11 is 0. The molecule has 0 radical (unpaired) electrons. The molecule has 0 heteroatoms. The molecular formula is C14H20. The van der Waals surface area contributed by atoms with E-state index in [4.69, 9.17) is 0 Å². The molecule has 1 aromatic rings. The summed E-state index contributed by atoms with van der Waals surface area (Å²) in [6.07, 6.45) is 3.33. The molecule has 0 N–H and O–H groups in total. The molecule has 0 aromatic heterocycles. The van der Waals surface area contributed by atoms with Crippen LogP contribution < -0.4 is 0 Å². The van der Waals surface area contributed by atoms with E-state index >= 15 is 0 Å². The van der Waals surface area contributed by atoms with Gasteiger partial charge >= 0.3 is 0 Å². The van der Waals surface area contributed by atoms with Crippen molar-refractivity contribution in [3.05, 3.63) is 40.5 Å². The Labute approximate surface area is 87.7 Å². The van der Waals surface area contributed by atoms with Crippen LogP contribution >= 0.6 is 0 Å². The van der Waals surface area contributed by atoms with Crippen LogP contribution in [-0.2, 0) is 0 Å². The van der Waals surface area contributed by atoms with Crippen LogP contribution in [0.25, 0.3) is 5.57 Å². The normalized spacial score (nSPS) is 11.9. The van der Waals surface area contributed by atoms with Gasteiger partial charge in [-0.05, 0) is 56.4 Å². The first-order valence-corrected chi connectivity index (χ1v) is 5.33. The Bertz CT molecular complexity index is 357. The third-order valence-corrected chi connectivity index (χ3v) is 2.89. The standard InChI is InChI=1S/C14H20/c1-6-13(7-2)14-9-10(3)8-11(4)12(14)5/h6,8-9H,7H2,1-5H3. The largest absolute Gasteiger partial charge is 0.0838 e. The molecule has 0 bridgehead atoms. The number of rotatable bonds is 2. The maximum atomic E-state index is 2.29. The molecule has 1 rings (SSSR count). The molecule has 14 heavy (non-hydrogen) atoms. The summed E-state index contributed by atoms with van der Waals surface area (Å²) in [6, 6.07) is 4.54. The smallest absolute Gasteiger partial charge is 0.0193 e. The van der Waals surface area contributed by atoms with Crippen LogP contribution in [0.3, 0.4) is 0 Å². The number of hydrogen-bond donors (Lipinski definition) is 0. The summed E-state index contributed by atoms with van der Waals surface area (Å²) in [5.74, 6) is 0. The Morgan fingerprint density at radius 1 is 1.21 bits per heavy atom. The first kappa shape index (κ1) is 11.0. The van der Waals surface area contributed by atoms with Crippen LogP contribution in [0, 0.1) is 20.8 Å². The van der Waals surface area contributed by atoms with Crippen LogP contribution in [0.4, 0.5) is 0 Å². The Morgan fingerprint density at radius 3 is 2.36 bits per heavy atom. The minimum absolute atomic E-state index is 1.11. The molecule has 0 spiro atoms. The SMILES string of the molecule is CC=C(CC)c1cc(C)cc(C)c1C. The molecule has 0 fully saturated rings. The van der Waals surface area contributed by atoms with Crippen molar-refractivity contribution in [1.82, 2.24) is 0 Å². The van der Waals surface area contributed by atoms with Crippen molar-refractivity contribution >= 4 is 5.57 Å². The summed E-state index contributed by atoms with van der Waals surface area (Å²) in [6.45, 7) is 10.9. The zero-order valence-electron chi connectivity index (χ0n) is 9.94. The van der Waals surface area contributed by atoms with Gasteiger partial charge in [0.15, 0.2) is 0 Å². The summed E-state index contributed by atoms with van der Waals surface area (Å²) in [7, 11) is 0. The van der Waals surface area contributed by atoms with Crippen molar-refractivity contribution in [2.24, 2.45) is 0 Å². The fraction of sp³-hybridized carbons (Fsp3) is 0.429. The Balaban J connectivity index is 3.33. The van der Waals surface area contributed by atoms with E-state index < -0.39 is 0 Å². The molecule has 1 aromatic carbocycles. The molecule has 0 aliphatic rings. The number of benzene rings is 1. The molecule has 0 saturated carbocycles. The monoisotopic (exact) mass is 188 g/mol. The fourth-order valence-electron chi connectivity index (χ4n) is 1.92. The quantitative estimate of drug-likeness (QED) is 0.644. The lowest BCUT2D eigenvalue weighted by atomic mass is 9.93. The lowest BCUT2D eigenvalue weighted by Crippen LogP contribution is -1.93. The molecule has 0 amide bonds. The second kappa shape index (κ2) is 4.45. The highest BCUT2D eigenvalue weighted by Crippen LogP contribution is 2.25. The van der Waals surface area contributed by atoms with E-state index in [1.165, 1.54) is 27.8 Å². The van der Waals surface area contributed by atoms with Gasteiger partial charge in [0.05, 0.1) is 0 Å². The Hall–Kier alpha value is -1.04. The minimum atomic E-state index is 1.11. The third-order valence-electron chi connectivity index (χ3n) is 2.89. The van der Waals surface area contributed by atoms with Gasteiger partial charge in [0.25, 0.3) is 0 Å². The predicted molar refractivity (Wildman–Crippen MR) is 64.6 cm³/mol. The van der Waals surface area contributed by atoms with Crippen LogP contribution in [0.2, 0.25) is 0 Å². The lowest BCUT2D eigenvalue weighted by Gasteiger charge is -2.12. The van der Waals surface area contributed by atoms with Crippen molar-refractivity contribution in [1.29, 1.82) is 0 Å². The van der Waals surface area contributed by atoms with Gasteiger partial charge in [0.1, 0.15) is 0 Å². The van der Waals surface area contributed by atoms with E-state index in [2.05, 4.69) is 52.8 Å². The van der Waals surface area contributed by atoms with Crippen LogP contribution in [0.1, 0.15) is 42.5 Å². The summed E-state index contributed by atoms with van der Waals surface area (Å²) in [5.41, 5.74) is 7.05. The average Bonchev–Trinajstić information content (AvgIpc) is 2.15.